The van der Waals surface area contributed by atoms with Gasteiger partial charge in [-0.2, -0.15) is 18.4 Å². The van der Waals surface area contributed by atoms with Crippen molar-refractivity contribution in [2.45, 2.75) is 6.18 Å². The van der Waals surface area contributed by atoms with Gasteiger partial charge in [0.1, 0.15) is 6.07 Å². The molecule has 0 aliphatic rings. The summed E-state index contributed by atoms with van der Waals surface area (Å²) in [5.41, 5.74) is -0.664. The van der Waals surface area contributed by atoms with Crippen molar-refractivity contribution in [3.63, 3.8) is 0 Å². The predicted molar refractivity (Wildman–Crippen MR) is 73.5 cm³/mol. The fraction of sp³-hybridized carbons (Fsp3) is 0.0714. The Hall–Kier alpha value is -2.07. The first-order valence-corrected chi connectivity index (χ1v) is 6.44. The lowest BCUT2D eigenvalue weighted by Gasteiger charge is -2.12. The molecule has 21 heavy (non-hydrogen) atoms. The molecule has 0 heterocycles. The molecule has 0 bridgehead atoms. The molecular formula is C14H7BrF4N2. The Morgan fingerprint density at radius 1 is 1.14 bits per heavy atom. The zero-order chi connectivity index (χ0) is 15.6. The average Bonchev–Trinajstić information content (AvgIpc) is 2.44. The van der Waals surface area contributed by atoms with Crippen molar-refractivity contribution in [1.29, 1.82) is 5.26 Å². The SMILES string of the molecule is N#Cc1ccc(Nc2cccc(C(F)(F)F)c2)c(F)c1Br. The van der Waals surface area contributed by atoms with Gasteiger partial charge >= 0.3 is 6.18 Å². The third kappa shape index (κ3) is 3.34. The van der Waals surface area contributed by atoms with Crippen molar-refractivity contribution in [3.8, 4) is 6.07 Å². The Morgan fingerprint density at radius 3 is 2.48 bits per heavy atom. The highest BCUT2D eigenvalue weighted by Gasteiger charge is 2.30. The largest absolute Gasteiger partial charge is 0.416 e. The fourth-order valence-electron chi connectivity index (χ4n) is 1.66. The molecule has 0 fully saturated rings. The first-order chi connectivity index (χ1) is 9.82. The van der Waals surface area contributed by atoms with E-state index in [0.29, 0.717) is 0 Å². The molecule has 108 valence electrons. The Morgan fingerprint density at radius 2 is 1.86 bits per heavy atom. The maximum absolute atomic E-state index is 14.0. The highest BCUT2D eigenvalue weighted by atomic mass is 79.9. The van der Waals surface area contributed by atoms with Gasteiger partial charge in [-0.15, -0.1) is 0 Å². The van der Waals surface area contributed by atoms with E-state index >= 15 is 0 Å². The summed E-state index contributed by atoms with van der Waals surface area (Å²) in [5.74, 6) is -0.744. The van der Waals surface area contributed by atoms with Crippen LogP contribution in [0.5, 0.6) is 0 Å². The Labute approximate surface area is 126 Å². The van der Waals surface area contributed by atoms with Gasteiger partial charge in [0, 0.05) is 5.69 Å². The van der Waals surface area contributed by atoms with Crippen LogP contribution in [0, 0.1) is 17.1 Å². The molecule has 0 radical (unpaired) electrons. The Bertz CT molecular complexity index is 720. The summed E-state index contributed by atoms with van der Waals surface area (Å²) in [6.45, 7) is 0. The van der Waals surface area contributed by atoms with E-state index in [1.165, 1.54) is 24.3 Å². The van der Waals surface area contributed by atoms with Crippen LogP contribution in [0.3, 0.4) is 0 Å². The second kappa shape index (κ2) is 5.74. The van der Waals surface area contributed by atoms with E-state index in [2.05, 4.69) is 21.2 Å². The van der Waals surface area contributed by atoms with E-state index in [-0.39, 0.29) is 21.4 Å². The molecule has 2 aromatic carbocycles. The van der Waals surface area contributed by atoms with E-state index in [1.54, 1.807) is 6.07 Å². The third-order valence-electron chi connectivity index (χ3n) is 2.67. The van der Waals surface area contributed by atoms with Gasteiger partial charge < -0.3 is 5.32 Å². The normalized spacial score (nSPS) is 11.0. The van der Waals surface area contributed by atoms with Crippen LogP contribution in [0.2, 0.25) is 0 Å². The molecule has 0 spiro atoms. The standard InChI is InChI=1S/C14H7BrF4N2/c15-12-8(7-20)4-5-11(13(12)16)21-10-3-1-2-9(6-10)14(17,18)19/h1-6,21H. The molecule has 0 amide bonds. The number of hydrogen-bond acceptors (Lipinski definition) is 2. The number of halogens is 5. The molecular weight excluding hydrogens is 352 g/mol. The molecule has 7 heteroatoms. The van der Waals surface area contributed by atoms with Crippen LogP contribution < -0.4 is 5.32 Å². The van der Waals surface area contributed by atoms with E-state index < -0.39 is 17.6 Å². The monoisotopic (exact) mass is 358 g/mol. The van der Waals surface area contributed by atoms with E-state index in [9.17, 15) is 17.6 Å². The summed E-state index contributed by atoms with van der Waals surface area (Å²) in [5, 5.41) is 11.3. The average molecular weight is 359 g/mol. The smallest absolute Gasteiger partial charge is 0.353 e. The number of benzene rings is 2. The number of rotatable bonds is 2. The van der Waals surface area contributed by atoms with Gasteiger partial charge in [0.05, 0.1) is 21.3 Å². The topological polar surface area (TPSA) is 35.8 Å². The van der Waals surface area contributed by atoms with Crippen molar-refractivity contribution in [1.82, 2.24) is 0 Å². The molecule has 0 saturated carbocycles. The molecule has 2 aromatic rings. The quantitative estimate of drug-likeness (QED) is 0.746. The third-order valence-corrected chi connectivity index (χ3v) is 3.45. The molecule has 0 saturated heterocycles. The van der Waals surface area contributed by atoms with Crippen molar-refractivity contribution in [2.75, 3.05) is 5.32 Å². The van der Waals surface area contributed by atoms with Crippen molar-refractivity contribution >= 4 is 27.3 Å². The van der Waals surface area contributed by atoms with Crippen LogP contribution in [-0.4, -0.2) is 0 Å². The minimum Gasteiger partial charge on any atom is -0.353 e. The van der Waals surface area contributed by atoms with Crippen molar-refractivity contribution in [2.24, 2.45) is 0 Å². The number of anilines is 2. The van der Waals surface area contributed by atoms with Crippen LogP contribution >= 0.6 is 15.9 Å². The first kappa shape index (κ1) is 15.3. The van der Waals surface area contributed by atoms with Crippen LogP contribution in [0.1, 0.15) is 11.1 Å². The zero-order valence-corrected chi connectivity index (χ0v) is 11.9. The lowest BCUT2D eigenvalue weighted by Crippen LogP contribution is -2.05. The summed E-state index contributed by atoms with van der Waals surface area (Å²) in [6, 6.07) is 8.87. The Balaban J connectivity index is 2.36. The van der Waals surface area contributed by atoms with E-state index in [1.807, 2.05) is 0 Å². The number of alkyl halides is 3. The number of hydrogen-bond donors (Lipinski definition) is 1. The van der Waals surface area contributed by atoms with Crippen molar-refractivity contribution < 1.29 is 17.6 Å². The van der Waals surface area contributed by atoms with Gasteiger partial charge in [-0.25, -0.2) is 4.39 Å². The van der Waals surface area contributed by atoms with Crippen molar-refractivity contribution in [3.05, 3.63) is 57.8 Å². The highest BCUT2D eigenvalue weighted by Crippen LogP contribution is 2.33. The lowest BCUT2D eigenvalue weighted by molar-refractivity contribution is -0.137. The first-order valence-electron chi connectivity index (χ1n) is 5.65. The molecule has 2 rings (SSSR count). The molecule has 0 aliphatic heterocycles. The van der Waals surface area contributed by atoms with E-state index in [0.717, 1.165) is 12.1 Å². The van der Waals surface area contributed by atoms with Crippen LogP contribution in [0.25, 0.3) is 0 Å². The van der Waals surface area contributed by atoms with Crippen LogP contribution in [0.15, 0.2) is 40.9 Å². The predicted octanol–water partition coefficient (Wildman–Crippen LogP) is 5.22. The number of nitriles is 1. The lowest BCUT2D eigenvalue weighted by atomic mass is 10.1. The number of nitrogens with one attached hydrogen (secondary N) is 1. The molecule has 0 aliphatic carbocycles. The van der Waals surface area contributed by atoms with Gasteiger partial charge in [0.25, 0.3) is 0 Å². The molecule has 0 atom stereocenters. The van der Waals surface area contributed by atoms with Gasteiger partial charge in [-0.3, -0.25) is 0 Å². The summed E-state index contributed by atoms with van der Waals surface area (Å²) in [7, 11) is 0. The van der Waals surface area contributed by atoms with Gasteiger partial charge in [-0.1, -0.05) is 6.07 Å². The van der Waals surface area contributed by atoms with Gasteiger partial charge in [0.2, 0.25) is 0 Å². The maximum Gasteiger partial charge on any atom is 0.416 e. The molecule has 1 N–H and O–H groups in total. The molecule has 0 unspecified atom stereocenters. The minimum atomic E-state index is -4.47. The number of nitrogens with zero attached hydrogens (tertiary/aromatic N) is 1. The van der Waals surface area contributed by atoms with Crippen LogP contribution in [-0.2, 0) is 6.18 Å². The minimum absolute atomic E-state index is 0.0276. The fourth-order valence-corrected chi connectivity index (χ4v) is 2.10. The van der Waals surface area contributed by atoms with E-state index in [4.69, 9.17) is 5.26 Å². The van der Waals surface area contributed by atoms with Crippen LogP contribution in [0.4, 0.5) is 28.9 Å². The molecule has 0 aromatic heterocycles. The molecule has 2 nitrogen and oxygen atoms in total. The summed E-state index contributed by atoms with van der Waals surface area (Å²) < 4.78 is 51.8. The Kier molecular flexibility index (Phi) is 4.19. The van der Waals surface area contributed by atoms with Gasteiger partial charge in [0.15, 0.2) is 5.82 Å². The second-order valence-electron chi connectivity index (χ2n) is 4.10. The summed E-state index contributed by atoms with van der Waals surface area (Å²) >= 11 is 2.93. The maximum atomic E-state index is 14.0. The zero-order valence-electron chi connectivity index (χ0n) is 10.3. The second-order valence-corrected chi connectivity index (χ2v) is 4.90. The highest BCUT2D eigenvalue weighted by molar-refractivity contribution is 9.10. The summed E-state index contributed by atoms with van der Waals surface area (Å²) in [4.78, 5) is 0. The summed E-state index contributed by atoms with van der Waals surface area (Å²) in [6.07, 6.45) is -4.47. The van der Waals surface area contributed by atoms with Gasteiger partial charge in [-0.05, 0) is 46.3 Å².